The van der Waals surface area contributed by atoms with Gasteiger partial charge in [0.1, 0.15) is 0 Å². The first-order valence-electron chi connectivity index (χ1n) is 6.09. The Kier molecular flexibility index (Phi) is 4.95. The van der Waals surface area contributed by atoms with Crippen LogP contribution in [-0.2, 0) is 10.0 Å². The molecule has 0 aliphatic heterocycles. The monoisotopic (exact) mass is 358 g/mol. The molecule has 1 amide bonds. The summed E-state index contributed by atoms with van der Waals surface area (Å²) in [6, 6.07) is 11.0. The average Bonchev–Trinajstić information content (AvgIpc) is 2.39. The van der Waals surface area contributed by atoms with Crippen LogP contribution in [0.4, 0.5) is 11.4 Å². The van der Waals surface area contributed by atoms with E-state index in [0.717, 1.165) is 6.26 Å². The van der Waals surface area contributed by atoms with E-state index >= 15 is 0 Å². The van der Waals surface area contributed by atoms with Crippen LogP contribution in [0.3, 0.4) is 0 Å². The van der Waals surface area contributed by atoms with Crippen molar-refractivity contribution in [2.45, 2.75) is 0 Å². The maximum Gasteiger partial charge on any atom is 0.255 e. The van der Waals surface area contributed by atoms with E-state index in [4.69, 9.17) is 23.2 Å². The third-order valence-corrected chi connectivity index (χ3v) is 3.76. The van der Waals surface area contributed by atoms with Gasteiger partial charge in [0.15, 0.2) is 0 Å². The molecule has 0 radical (unpaired) electrons. The number of amides is 1. The molecule has 0 heterocycles. The van der Waals surface area contributed by atoms with E-state index in [9.17, 15) is 13.2 Å². The highest BCUT2D eigenvalue weighted by Gasteiger charge is 2.12. The van der Waals surface area contributed by atoms with Gasteiger partial charge in [0.2, 0.25) is 10.0 Å². The van der Waals surface area contributed by atoms with Gasteiger partial charge in [-0.15, -0.1) is 0 Å². The molecule has 116 valence electrons. The number of halogens is 2. The molecule has 2 rings (SSSR count). The van der Waals surface area contributed by atoms with Crippen LogP contribution in [-0.4, -0.2) is 20.6 Å². The summed E-state index contributed by atoms with van der Waals surface area (Å²) in [5.41, 5.74) is 0.934. The van der Waals surface area contributed by atoms with Gasteiger partial charge in [-0.3, -0.25) is 9.52 Å². The minimum atomic E-state index is -3.49. The van der Waals surface area contributed by atoms with E-state index in [1.54, 1.807) is 24.3 Å². The van der Waals surface area contributed by atoms with Crippen LogP contribution >= 0.6 is 23.2 Å². The molecule has 0 spiro atoms. The first kappa shape index (κ1) is 16.6. The molecular formula is C14H12Cl2N2O3S. The molecule has 2 aromatic rings. The second kappa shape index (κ2) is 6.56. The molecule has 22 heavy (non-hydrogen) atoms. The fourth-order valence-corrected chi connectivity index (χ4v) is 2.69. The molecule has 2 aromatic carbocycles. The predicted molar refractivity (Wildman–Crippen MR) is 89.3 cm³/mol. The van der Waals surface area contributed by atoms with Crippen molar-refractivity contribution in [1.82, 2.24) is 0 Å². The third kappa shape index (κ3) is 4.62. The summed E-state index contributed by atoms with van der Waals surface area (Å²) in [5.74, 6) is -0.407. The fourth-order valence-electron chi connectivity index (χ4n) is 1.71. The molecule has 8 heteroatoms. The summed E-state index contributed by atoms with van der Waals surface area (Å²) in [6.07, 6.45) is 1.00. The van der Waals surface area contributed by atoms with E-state index in [-0.39, 0.29) is 16.3 Å². The smallest absolute Gasteiger partial charge is 0.255 e. The van der Waals surface area contributed by atoms with Crippen molar-refractivity contribution in [2.24, 2.45) is 0 Å². The quantitative estimate of drug-likeness (QED) is 0.876. The summed E-state index contributed by atoms with van der Waals surface area (Å²) in [5, 5.41) is 3.36. The molecule has 0 saturated heterocycles. The van der Waals surface area contributed by atoms with Crippen LogP contribution in [0.2, 0.25) is 10.0 Å². The van der Waals surface area contributed by atoms with E-state index in [1.807, 2.05) is 0 Å². The summed E-state index contributed by atoms with van der Waals surface area (Å²) in [7, 11) is -3.49. The van der Waals surface area contributed by atoms with Crippen LogP contribution in [0, 0.1) is 0 Å². The van der Waals surface area contributed by atoms with E-state index in [0.29, 0.717) is 10.7 Å². The standard InChI is InChI=1S/C14H12Cl2N2O3S/c1-22(20,21)18-13-7-9(5-6-12(13)16)14(19)17-11-4-2-3-10(15)8-11/h2-8,18H,1H3,(H,17,19). The number of nitrogens with one attached hydrogen (secondary N) is 2. The number of anilines is 2. The summed E-state index contributed by atoms with van der Waals surface area (Å²) in [6.45, 7) is 0. The zero-order chi connectivity index (χ0) is 16.3. The van der Waals surface area contributed by atoms with Crippen molar-refractivity contribution >= 4 is 50.5 Å². The Labute approximate surface area is 138 Å². The Bertz CT molecular complexity index is 823. The molecular weight excluding hydrogens is 347 g/mol. The molecule has 0 unspecified atom stereocenters. The van der Waals surface area contributed by atoms with Crippen molar-refractivity contribution in [3.8, 4) is 0 Å². The number of hydrogen-bond donors (Lipinski definition) is 2. The molecule has 2 N–H and O–H groups in total. The number of carbonyl (C=O) groups excluding carboxylic acids is 1. The lowest BCUT2D eigenvalue weighted by atomic mass is 10.2. The Balaban J connectivity index is 2.25. The van der Waals surface area contributed by atoms with Crippen LogP contribution in [0.1, 0.15) is 10.4 Å². The molecule has 0 fully saturated rings. The van der Waals surface area contributed by atoms with Gasteiger partial charge in [0, 0.05) is 16.3 Å². The Morgan fingerprint density at radius 3 is 2.45 bits per heavy atom. The Hall–Kier alpha value is -1.76. The highest BCUT2D eigenvalue weighted by molar-refractivity contribution is 7.92. The van der Waals surface area contributed by atoms with Crippen molar-refractivity contribution in [3.63, 3.8) is 0 Å². The van der Waals surface area contributed by atoms with Crippen LogP contribution < -0.4 is 10.0 Å². The number of carbonyl (C=O) groups is 1. The third-order valence-electron chi connectivity index (χ3n) is 2.61. The molecule has 0 aromatic heterocycles. The van der Waals surface area contributed by atoms with Gasteiger partial charge in [-0.2, -0.15) is 0 Å². The highest BCUT2D eigenvalue weighted by Crippen LogP contribution is 2.24. The van der Waals surface area contributed by atoms with Crippen molar-refractivity contribution in [2.75, 3.05) is 16.3 Å². The van der Waals surface area contributed by atoms with Gasteiger partial charge in [0.05, 0.1) is 17.0 Å². The van der Waals surface area contributed by atoms with Crippen molar-refractivity contribution in [1.29, 1.82) is 0 Å². The first-order chi connectivity index (χ1) is 10.2. The highest BCUT2D eigenvalue weighted by atomic mass is 35.5. The Morgan fingerprint density at radius 1 is 1.09 bits per heavy atom. The van der Waals surface area contributed by atoms with E-state index in [2.05, 4.69) is 10.0 Å². The Morgan fingerprint density at radius 2 is 1.82 bits per heavy atom. The van der Waals surface area contributed by atoms with Gasteiger partial charge in [-0.1, -0.05) is 29.3 Å². The van der Waals surface area contributed by atoms with Gasteiger partial charge >= 0.3 is 0 Å². The van der Waals surface area contributed by atoms with Gasteiger partial charge in [-0.25, -0.2) is 8.42 Å². The topological polar surface area (TPSA) is 75.3 Å². The molecule has 0 aliphatic rings. The fraction of sp³-hybridized carbons (Fsp3) is 0.0714. The normalized spacial score (nSPS) is 11.0. The predicted octanol–water partition coefficient (Wildman–Crippen LogP) is 3.62. The summed E-state index contributed by atoms with van der Waals surface area (Å²) < 4.78 is 24.8. The molecule has 0 saturated carbocycles. The lowest BCUT2D eigenvalue weighted by Gasteiger charge is -2.10. The van der Waals surface area contributed by atoms with Crippen LogP contribution in [0.25, 0.3) is 0 Å². The van der Waals surface area contributed by atoms with E-state index < -0.39 is 15.9 Å². The summed E-state index contributed by atoms with van der Waals surface area (Å²) in [4.78, 5) is 12.2. The van der Waals surface area contributed by atoms with Crippen molar-refractivity contribution in [3.05, 3.63) is 58.1 Å². The van der Waals surface area contributed by atoms with Gasteiger partial charge < -0.3 is 5.32 Å². The van der Waals surface area contributed by atoms with Gasteiger partial charge in [-0.05, 0) is 36.4 Å². The lowest BCUT2D eigenvalue weighted by molar-refractivity contribution is 0.102. The lowest BCUT2D eigenvalue weighted by Crippen LogP contribution is -2.14. The number of rotatable bonds is 4. The SMILES string of the molecule is CS(=O)(=O)Nc1cc(C(=O)Nc2cccc(Cl)c2)ccc1Cl. The number of benzene rings is 2. The maximum absolute atomic E-state index is 12.2. The number of sulfonamides is 1. The zero-order valence-corrected chi connectivity index (χ0v) is 13.8. The second-order valence-electron chi connectivity index (χ2n) is 4.53. The largest absolute Gasteiger partial charge is 0.322 e. The second-order valence-corrected chi connectivity index (χ2v) is 7.13. The van der Waals surface area contributed by atoms with Crippen LogP contribution in [0.15, 0.2) is 42.5 Å². The minimum Gasteiger partial charge on any atom is -0.322 e. The van der Waals surface area contributed by atoms with Crippen molar-refractivity contribution < 1.29 is 13.2 Å². The first-order valence-corrected chi connectivity index (χ1v) is 8.73. The molecule has 0 atom stereocenters. The van der Waals surface area contributed by atoms with Gasteiger partial charge in [0.25, 0.3) is 5.91 Å². The number of hydrogen-bond acceptors (Lipinski definition) is 3. The molecule has 0 aliphatic carbocycles. The molecule has 0 bridgehead atoms. The molecule has 5 nitrogen and oxygen atoms in total. The van der Waals surface area contributed by atoms with Crippen LogP contribution in [0.5, 0.6) is 0 Å². The summed E-state index contributed by atoms with van der Waals surface area (Å²) >= 11 is 11.8. The average molecular weight is 359 g/mol. The maximum atomic E-state index is 12.2. The zero-order valence-electron chi connectivity index (χ0n) is 11.4. The minimum absolute atomic E-state index is 0.142. The van der Waals surface area contributed by atoms with E-state index in [1.165, 1.54) is 18.2 Å².